The summed E-state index contributed by atoms with van der Waals surface area (Å²) in [5, 5.41) is 8.39. The van der Waals surface area contributed by atoms with Crippen LogP contribution in [0.4, 0.5) is 0 Å². The lowest BCUT2D eigenvalue weighted by Crippen LogP contribution is -2.38. The van der Waals surface area contributed by atoms with E-state index in [-0.39, 0.29) is 5.91 Å². The molecule has 1 aromatic heterocycles. The molecule has 1 atom stereocenters. The molecule has 0 bridgehead atoms. The number of carbonyl (C=O) groups is 1. The summed E-state index contributed by atoms with van der Waals surface area (Å²) < 4.78 is 7.67. The van der Waals surface area contributed by atoms with Crippen LogP contribution in [0.5, 0.6) is 0 Å². The van der Waals surface area contributed by atoms with E-state index in [2.05, 4.69) is 30.8 Å². The second-order valence-corrected chi connectivity index (χ2v) is 8.11. The molecule has 1 aliphatic heterocycles. The number of aryl methyl sites for hydroxylation is 1. The summed E-state index contributed by atoms with van der Waals surface area (Å²) in [5.41, 5.74) is 3.18. The third kappa shape index (κ3) is 5.11. The van der Waals surface area contributed by atoms with Crippen LogP contribution in [0.15, 0.2) is 0 Å². The number of fused-ring (bicyclic) bond motifs is 1. The van der Waals surface area contributed by atoms with Gasteiger partial charge in [0.05, 0.1) is 6.10 Å². The van der Waals surface area contributed by atoms with Crippen molar-refractivity contribution in [3.8, 4) is 0 Å². The number of nitrogens with zero attached hydrogens (tertiary/aromatic N) is 3. The Labute approximate surface area is 163 Å². The molecule has 6 heteroatoms. The molecule has 1 amide bonds. The van der Waals surface area contributed by atoms with Gasteiger partial charge in [-0.1, -0.05) is 0 Å². The summed E-state index contributed by atoms with van der Waals surface area (Å²) in [7, 11) is 0. The number of rotatable bonds is 8. The van der Waals surface area contributed by atoms with Crippen LogP contribution < -0.4 is 5.32 Å². The lowest BCUT2D eigenvalue weighted by molar-refractivity contribution is 0.0716. The average Bonchev–Trinajstić information content (AvgIpc) is 3.05. The Morgan fingerprint density at radius 3 is 2.78 bits per heavy atom. The van der Waals surface area contributed by atoms with Crippen LogP contribution in [-0.2, 0) is 24.1 Å². The minimum absolute atomic E-state index is 0.143. The molecule has 2 heterocycles. The maximum absolute atomic E-state index is 13.1. The standard InChI is InChI=1S/C21H36N4O2/c1-4-25-19-10-9-17(22-11-8-14-27-16(2)3)15-18(19)20(23-25)21(26)24-12-6-5-7-13-24/h16-17,22H,4-15H2,1-3H3/t17-/m0/s1. The molecule has 27 heavy (non-hydrogen) atoms. The third-order valence-corrected chi connectivity index (χ3v) is 5.70. The van der Waals surface area contributed by atoms with Gasteiger partial charge in [0.2, 0.25) is 0 Å². The molecule has 3 rings (SSSR count). The molecular weight excluding hydrogens is 340 g/mol. The second kappa shape index (κ2) is 9.69. The van der Waals surface area contributed by atoms with Gasteiger partial charge in [-0.25, -0.2) is 0 Å². The number of aromatic nitrogens is 2. The van der Waals surface area contributed by atoms with E-state index in [1.807, 2.05) is 4.90 Å². The van der Waals surface area contributed by atoms with Gasteiger partial charge in [0.15, 0.2) is 5.69 Å². The third-order valence-electron chi connectivity index (χ3n) is 5.70. The largest absolute Gasteiger partial charge is 0.379 e. The molecule has 0 unspecified atom stereocenters. The highest BCUT2D eigenvalue weighted by molar-refractivity contribution is 5.94. The van der Waals surface area contributed by atoms with Crippen LogP contribution in [0.1, 0.15) is 74.6 Å². The quantitative estimate of drug-likeness (QED) is 0.709. The van der Waals surface area contributed by atoms with Crippen molar-refractivity contribution in [1.82, 2.24) is 20.0 Å². The van der Waals surface area contributed by atoms with Gasteiger partial charge in [0.1, 0.15) is 0 Å². The maximum atomic E-state index is 13.1. The van der Waals surface area contributed by atoms with Crippen LogP contribution in [0.25, 0.3) is 0 Å². The van der Waals surface area contributed by atoms with E-state index in [1.165, 1.54) is 17.7 Å². The molecule has 0 aromatic carbocycles. The fraction of sp³-hybridized carbons (Fsp3) is 0.810. The maximum Gasteiger partial charge on any atom is 0.274 e. The number of piperidine rings is 1. The first-order chi connectivity index (χ1) is 13.1. The zero-order valence-corrected chi connectivity index (χ0v) is 17.3. The minimum atomic E-state index is 0.143. The van der Waals surface area contributed by atoms with E-state index < -0.39 is 0 Å². The molecule has 1 saturated heterocycles. The normalized spacial score (nSPS) is 20.1. The van der Waals surface area contributed by atoms with Gasteiger partial charge >= 0.3 is 0 Å². The molecule has 0 radical (unpaired) electrons. The average molecular weight is 377 g/mol. The Bertz CT molecular complexity index is 620. The molecule has 0 spiro atoms. The highest BCUT2D eigenvalue weighted by atomic mass is 16.5. The zero-order chi connectivity index (χ0) is 19.2. The molecule has 6 nitrogen and oxygen atoms in total. The van der Waals surface area contributed by atoms with E-state index >= 15 is 0 Å². The number of ether oxygens (including phenoxy) is 1. The smallest absolute Gasteiger partial charge is 0.274 e. The molecule has 1 aliphatic carbocycles. The summed E-state index contributed by atoms with van der Waals surface area (Å²) >= 11 is 0. The number of likely N-dealkylation sites (tertiary alicyclic amines) is 1. The Morgan fingerprint density at radius 1 is 1.30 bits per heavy atom. The fourth-order valence-corrected chi connectivity index (χ4v) is 4.24. The summed E-state index contributed by atoms with van der Waals surface area (Å²) in [4.78, 5) is 15.1. The summed E-state index contributed by atoms with van der Waals surface area (Å²) in [6.07, 6.45) is 7.81. The highest BCUT2D eigenvalue weighted by Gasteiger charge is 2.31. The topological polar surface area (TPSA) is 59.4 Å². The van der Waals surface area contributed by atoms with Gasteiger partial charge in [-0.3, -0.25) is 9.48 Å². The van der Waals surface area contributed by atoms with Crippen molar-refractivity contribution >= 4 is 5.91 Å². The summed E-state index contributed by atoms with van der Waals surface area (Å²) in [6.45, 7) is 10.6. The molecule has 1 fully saturated rings. The molecular formula is C21H36N4O2. The molecule has 2 aliphatic rings. The van der Waals surface area contributed by atoms with Crippen LogP contribution >= 0.6 is 0 Å². The summed E-state index contributed by atoms with van der Waals surface area (Å²) in [6, 6.07) is 0.430. The Morgan fingerprint density at radius 2 is 2.07 bits per heavy atom. The predicted molar refractivity (Wildman–Crippen MR) is 107 cm³/mol. The van der Waals surface area contributed by atoms with Crippen LogP contribution in [-0.4, -0.2) is 59.0 Å². The van der Waals surface area contributed by atoms with Crippen LogP contribution in [0, 0.1) is 0 Å². The highest BCUT2D eigenvalue weighted by Crippen LogP contribution is 2.26. The van der Waals surface area contributed by atoms with Gasteiger partial charge in [0.25, 0.3) is 5.91 Å². The minimum Gasteiger partial charge on any atom is -0.379 e. The monoisotopic (exact) mass is 376 g/mol. The zero-order valence-electron chi connectivity index (χ0n) is 17.3. The van der Waals surface area contributed by atoms with Gasteiger partial charge in [0, 0.05) is 43.5 Å². The molecule has 152 valence electrons. The van der Waals surface area contributed by atoms with Crippen molar-refractivity contribution < 1.29 is 9.53 Å². The van der Waals surface area contributed by atoms with E-state index in [4.69, 9.17) is 9.84 Å². The molecule has 1 aromatic rings. The van der Waals surface area contributed by atoms with Gasteiger partial charge in [-0.15, -0.1) is 0 Å². The van der Waals surface area contributed by atoms with Crippen molar-refractivity contribution in [2.75, 3.05) is 26.2 Å². The van der Waals surface area contributed by atoms with E-state index in [1.54, 1.807) is 0 Å². The van der Waals surface area contributed by atoms with Gasteiger partial charge < -0.3 is 15.0 Å². The van der Waals surface area contributed by atoms with Crippen molar-refractivity contribution in [2.24, 2.45) is 0 Å². The fourth-order valence-electron chi connectivity index (χ4n) is 4.24. The molecule has 1 N–H and O–H groups in total. The first kappa shape index (κ1) is 20.3. The first-order valence-electron chi connectivity index (χ1n) is 10.8. The van der Waals surface area contributed by atoms with E-state index in [0.29, 0.717) is 17.8 Å². The Balaban J connectivity index is 1.63. The van der Waals surface area contributed by atoms with Gasteiger partial charge in [-0.05, 0) is 72.3 Å². The first-order valence-corrected chi connectivity index (χ1v) is 10.8. The number of hydrogen-bond donors (Lipinski definition) is 1. The van der Waals surface area contributed by atoms with Crippen LogP contribution in [0.2, 0.25) is 0 Å². The lowest BCUT2D eigenvalue weighted by atomic mass is 9.91. The number of amides is 1. The summed E-state index contributed by atoms with van der Waals surface area (Å²) in [5.74, 6) is 0.143. The second-order valence-electron chi connectivity index (χ2n) is 8.11. The van der Waals surface area contributed by atoms with Crippen molar-refractivity contribution in [1.29, 1.82) is 0 Å². The number of carbonyl (C=O) groups excluding carboxylic acids is 1. The van der Waals surface area contributed by atoms with Crippen LogP contribution in [0.3, 0.4) is 0 Å². The van der Waals surface area contributed by atoms with E-state index in [9.17, 15) is 4.79 Å². The lowest BCUT2D eigenvalue weighted by Gasteiger charge is -2.27. The van der Waals surface area contributed by atoms with Crippen molar-refractivity contribution in [3.05, 3.63) is 17.0 Å². The molecule has 0 saturated carbocycles. The Kier molecular flexibility index (Phi) is 7.30. The van der Waals surface area contributed by atoms with Crippen molar-refractivity contribution in [2.45, 2.75) is 84.4 Å². The SMILES string of the molecule is CCn1nc(C(=O)N2CCCCC2)c2c1CC[C@H](NCCCOC(C)C)C2. The Hall–Kier alpha value is -1.40. The number of nitrogens with one attached hydrogen (secondary N) is 1. The van der Waals surface area contributed by atoms with Gasteiger partial charge in [-0.2, -0.15) is 5.10 Å². The number of hydrogen-bond acceptors (Lipinski definition) is 4. The van der Waals surface area contributed by atoms with Crippen molar-refractivity contribution in [3.63, 3.8) is 0 Å². The predicted octanol–water partition coefficient (Wildman–Crippen LogP) is 2.79. The van der Waals surface area contributed by atoms with E-state index in [0.717, 1.165) is 71.3 Å².